The van der Waals surface area contributed by atoms with E-state index in [9.17, 15) is 9.59 Å². The summed E-state index contributed by atoms with van der Waals surface area (Å²) >= 11 is 0. The summed E-state index contributed by atoms with van der Waals surface area (Å²) in [5.41, 5.74) is 0.218. The first kappa shape index (κ1) is 16.5. The molecule has 0 aliphatic carbocycles. The molecule has 9 nitrogen and oxygen atoms in total. The molecule has 1 aromatic heterocycles. The zero-order chi connectivity index (χ0) is 16.9. The Hall–Kier alpha value is -2.84. The minimum absolute atomic E-state index is 0.278. The second kappa shape index (κ2) is 6.95. The molecule has 0 aliphatic rings. The first-order valence-electron chi connectivity index (χ1n) is 7.09. The van der Waals surface area contributed by atoms with E-state index in [0.717, 1.165) is 10.4 Å². The van der Waals surface area contributed by atoms with Crippen molar-refractivity contribution in [2.45, 2.75) is 38.8 Å². The van der Waals surface area contributed by atoms with Crippen LogP contribution in [0.5, 0.6) is 0 Å². The number of hydrogen-bond donors (Lipinski definition) is 1. The van der Waals surface area contributed by atoms with E-state index < -0.39 is 23.6 Å². The van der Waals surface area contributed by atoms with Crippen molar-refractivity contribution in [1.82, 2.24) is 25.8 Å². The molecule has 2 rings (SSSR count). The van der Waals surface area contributed by atoms with Crippen molar-refractivity contribution in [2.75, 3.05) is 0 Å². The maximum atomic E-state index is 12.4. The molecule has 2 aromatic rings. The van der Waals surface area contributed by atoms with E-state index in [4.69, 9.17) is 4.74 Å². The van der Waals surface area contributed by atoms with Gasteiger partial charge in [-0.1, -0.05) is 35.5 Å². The number of amides is 1. The van der Waals surface area contributed by atoms with Crippen molar-refractivity contribution in [3.8, 4) is 0 Å². The summed E-state index contributed by atoms with van der Waals surface area (Å²) in [7, 11) is 0. The number of H-pyrrole nitrogens is 1. The standard InChI is InChI=1S/C14H18N6O3/c1-14(2,3)23-13(22)15-11(9-10-7-5-4-6-8-10)12(21)20-18-16-17-19-20/h4-8,11H,9H2,1-3H3,(H,15,22)/p+1/t11-/m0/s1. The highest BCUT2D eigenvalue weighted by molar-refractivity contribution is 5.86. The highest BCUT2D eigenvalue weighted by Gasteiger charge is 2.31. The van der Waals surface area contributed by atoms with Gasteiger partial charge in [0.1, 0.15) is 16.9 Å². The van der Waals surface area contributed by atoms with Gasteiger partial charge in [0.2, 0.25) is 0 Å². The van der Waals surface area contributed by atoms with E-state index in [2.05, 4.69) is 26.2 Å². The Kier molecular flexibility index (Phi) is 4.99. The third-order valence-electron chi connectivity index (χ3n) is 2.78. The van der Waals surface area contributed by atoms with Gasteiger partial charge in [0.15, 0.2) is 5.21 Å². The van der Waals surface area contributed by atoms with Crippen molar-refractivity contribution in [1.29, 1.82) is 0 Å². The van der Waals surface area contributed by atoms with E-state index >= 15 is 0 Å². The molecule has 0 fully saturated rings. The molecule has 0 unspecified atom stereocenters. The Morgan fingerprint density at radius 3 is 2.57 bits per heavy atom. The van der Waals surface area contributed by atoms with Crippen molar-refractivity contribution in [2.24, 2.45) is 0 Å². The van der Waals surface area contributed by atoms with Gasteiger partial charge in [0.05, 0.1) is 10.0 Å². The second-order valence-electron chi connectivity index (χ2n) is 5.91. The fraction of sp³-hybridized carbons (Fsp3) is 0.429. The number of nitrogens with zero attached hydrogens (tertiary/aromatic N) is 4. The van der Waals surface area contributed by atoms with Gasteiger partial charge < -0.3 is 10.1 Å². The van der Waals surface area contributed by atoms with Crippen LogP contribution in [0.4, 0.5) is 4.79 Å². The molecule has 1 amide bonds. The summed E-state index contributed by atoms with van der Waals surface area (Å²) in [6.07, 6.45) is -0.406. The number of benzene rings is 1. The van der Waals surface area contributed by atoms with Gasteiger partial charge in [0.25, 0.3) is 0 Å². The van der Waals surface area contributed by atoms with Crippen LogP contribution in [-0.4, -0.2) is 44.1 Å². The average Bonchev–Trinajstić information content (AvgIpc) is 2.99. The van der Waals surface area contributed by atoms with Gasteiger partial charge in [-0.05, 0) is 26.3 Å². The van der Waals surface area contributed by atoms with Crippen molar-refractivity contribution in [3.63, 3.8) is 0 Å². The molecule has 1 heterocycles. The van der Waals surface area contributed by atoms with Crippen LogP contribution in [0.3, 0.4) is 0 Å². The third-order valence-corrected chi connectivity index (χ3v) is 2.78. The molecular formula is C14H19N6O3+. The zero-order valence-electron chi connectivity index (χ0n) is 13.2. The van der Waals surface area contributed by atoms with E-state index in [1.165, 1.54) is 0 Å². The molecule has 2 N–H and O–H groups in total. The largest absolute Gasteiger partial charge is 0.444 e. The number of ether oxygens (including phenoxy) is 1. The van der Waals surface area contributed by atoms with Crippen LogP contribution >= 0.6 is 0 Å². The molecule has 0 radical (unpaired) electrons. The Morgan fingerprint density at radius 2 is 2.00 bits per heavy atom. The summed E-state index contributed by atoms with van der Waals surface area (Å²) in [6.45, 7) is 5.23. The van der Waals surface area contributed by atoms with Crippen LogP contribution in [0.15, 0.2) is 30.3 Å². The van der Waals surface area contributed by atoms with Crippen LogP contribution in [0.1, 0.15) is 31.1 Å². The molecule has 1 atom stereocenters. The molecular weight excluding hydrogens is 300 g/mol. The quantitative estimate of drug-likeness (QED) is 0.865. The number of rotatable bonds is 4. The zero-order valence-corrected chi connectivity index (χ0v) is 13.2. The molecule has 0 saturated carbocycles. The summed E-state index contributed by atoms with van der Waals surface area (Å²) in [4.78, 5) is 25.2. The Morgan fingerprint density at radius 1 is 1.30 bits per heavy atom. The van der Waals surface area contributed by atoms with E-state index in [1.807, 2.05) is 30.3 Å². The van der Waals surface area contributed by atoms with Gasteiger partial charge in [-0.2, -0.15) is 0 Å². The lowest BCUT2D eigenvalue weighted by molar-refractivity contribution is -0.526. The summed E-state index contributed by atoms with van der Waals surface area (Å²) in [5.74, 6) is -0.520. The average molecular weight is 319 g/mol. The predicted octanol–water partition coefficient (Wildman–Crippen LogP) is 0.263. The lowest BCUT2D eigenvalue weighted by atomic mass is 10.1. The van der Waals surface area contributed by atoms with E-state index in [0.29, 0.717) is 0 Å². The first-order chi connectivity index (χ1) is 10.8. The minimum atomic E-state index is -0.880. The second-order valence-corrected chi connectivity index (χ2v) is 5.91. The van der Waals surface area contributed by atoms with Crippen LogP contribution in [0.2, 0.25) is 0 Å². The fourth-order valence-corrected chi connectivity index (χ4v) is 1.88. The lowest BCUT2D eigenvalue weighted by Crippen LogP contribution is -2.47. The summed E-state index contributed by atoms with van der Waals surface area (Å²) in [6, 6.07) is 8.41. The van der Waals surface area contributed by atoms with Crippen LogP contribution in [0.25, 0.3) is 0 Å². The minimum Gasteiger partial charge on any atom is -0.444 e. The highest BCUT2D eigenvalue weighted by atomic mass is 16.6. The third kappa shape index (κ3) is 5.13. The van der Waals surface area contributed by atoms with Crippen molar-refractivity contribution in [3.05, 3.63) is 35.9 Å². The molecule has 9 heteroatoms. The Bertz CT molecular complexity index is 651. The SMILES string of the molecule is CC(C)(C)OC(=O)N[C@@H](Cc1ccccc1)C(=O)n1nn[nH+]n1. The highest BCUT2D eigenvalue weighted by Crippen LogP contribution is 2.09. The molecule has 23 heavy (non-hydrogen) atoms. The molecule has 122 valence electrons. The van der Waals surface area contributed by atoms with Crippen molar-refractivity contribution >= 4 is 12.0 Å². The molecule has 1 aromatic carbocycles. The number of carbonyl (C=O) groups excluding carboxylic acids is 2. The number of aromatic nitrogens is 5. The number of carbonyl (C=O) groups is 2. The normalized spacial score (nSPS) is 12.5. The maximum Gasteiger partial charge on any atom is 0.408 e. The number of aromatic amines is 1. The topological polar surface area (TPSA) is 113 Å². The van der Waals surface area contributed by atoms with Gasteiger partial charge in [0, 0.05) is 6.42 Å². The smallest absolute Gasteiger partial charge is 0.408 e. The van der Waals surface area contributed by atoms with Gasteiger partial charge in [-0.25, -0.2) is 9.59 Å². The molecule has 0 spiro atoms. The summed E-state index contributed by atoms with van der Waals surface area (Å²) in [5, 5.41) is 15.3. The van der Waals surface area contributed by atoms with Gasteiger partial charge in [-0.15, -0.1) is 0 Å². The predicted molar refractivity (Wildman–Crippen MR) is 78.3 cm³/mol. The van der Waals surface area contributed by atoms with E-state index in [1.54, 1.807) is 20.8 Å². The monoisotopic (exact) mass is 319 g/mol. The molecule has 0 saturated heterocycles. The van der Waals surface area contributed by atoms with Crippen LogP contribution in [-0.2, 0) is 11.2 Å². The number of alkyl carbamates (subject to hydrolysis) is 1. The Balaban J connectivity index is 2.14. The molecule has 0 bridgehead atoms. The molecule has 0 aliphatic heterocycles. The van der Waals surface area contributed by atoms with Gasteiger partial charge >= 0.3 is 12.0 Å². The van der Waals surface area contributed by atoms with Crippen LogP contribution in [0, 0.1) is 0 Å². The van der Waals surface area contributed by atoms with Crippen LogP contribution < -0.4 is 10.5 Å². The maximum absolute atomic E-state index is 12.4. The Labute approximate surface area is 133 Å². The number of nitrogens with one attached hydrogen (secondary N) is 2. The fourth-order valence-electron chi connectivity index (χ4n) is 1.88. The van der Waals surface area contributed by atoms with Gasteiger partial charge in [-0.3, -0.25) is 0 Å². The number of hydrogen-bond acceptors (Lipinski definition) is 6. The first-order valence-corrected chi connectivity index (χ1v) is 7.09. The summed E-state index contributed by atoms with van der Waals surface area (Å²) < 4.78 is 5.20. The van der Waals surface area contributed by atoms with E-state index in [-0.39, 0.29) is 6.42 Å². The lowest BCUT2D eigenvalue weighted by Gasteiger charge is -2.21. The van der Waals surface area contributed by atoms with Crippen molar-refractivity contribution < 1.29 is 19.5 Å².